The fraction of sp³-hybridized carbons (Fsp3) is 0.176. The molecule has 106 valence electrons. The van der Waals surface area contributed by atoms with Gasteiger partial charge in [-0.3, -0.25) is 4.79 Å². The molecule has 21 heavy (non-hydrogen) atoms. The van der Waals surface area contributed by atoms with Crippen LogP contribution in [0.25, 0.3) is 0 Å². The quantitative estimate of drug-likeness (QED) is 0.641. The van der Waals surface area contributed by atoms with Gasteiger partial charge in [-0.25, -0.2) is 4.79 Å². The lowest BCUT2D eigenvalue weighted by atomic mass is 10.1. The number of nitrogens with zero attached hydrogens (tertiary/aromatic N) is 1. The van der Waals surface area contributed by atoms with E-state index in [2.05, 4.69) is 0 Å². The van der Waals surface area contributed by atoms with Crippen LogP contribution in [-0.2, 0) is 4.79 Å². The lowest BCUT2D eigenvalue weighted by molar-refractivity contribution is -0.117. The van der Waals surface area contributed by atoms with E-state index in [1.807, 2.05) is 12.1 Å². The van der Waals surface area contributed by atoms with Crippen molar-refractivity contribution in [2.45, 2.75) is 12.8 Å². The second-order valence-electron chi connectivity index (χ2n) is 4.87. The van der Waals surface area contributed by atoms with E-state index in [-0.39, 0.29) is 5.91 Å². The molecule has 2 aromatic carbocycles. The van der Waals surface area contributed by atoms with Crippen molar-refractivity contribution in [1.29, 1.82) is 0 Å². The van der Waals surface area contributed by atoms with Gasteiger partial charge in [-0.2, -0.15) is 0 Å². The molecule has 1 aliphatic rings. The van der Waals surface area contributed by atoms with Gasteiger partial charge in [-0.05, 0) is 30.7 Å². The summed E-state index contributed by atoms with van der Waals surface area (Å²) >= 11 is 0. The van der Waals surface area contributed by atoms with Crippen molar-refractivity contribution in [2.24, 2.45) is 0 Å². The molecule has 1 amide bonds. The highest BCUT2D eigenvalue weighted by molar-refractivity contribution is 6.04. The van der Waals surface area contributed by atoms with Gasteiger partial charge < -0.3 is 9.64 Å². The lowest BCUT2D eigenvalue weighted by Gasteiger charge is -2.18. The third-order valence-electron chi connectivity index (χ3n) is 3.44. The lowest BCUT2D eigenvalue weighted by Crippen LogP contribution is -2.26. The number of anilines is 1. The van der Waals surface area contributed by atoms with E-state index in [0.29, 0.717) is 30.0 Å². The molecule has 0 spiro atoms. The highest BCUT2D eigenvalue weighted by Crippen LogP contribution is 2.26. The Balaban J connectivity index is 1.88. The molecule has 1 heterocycles. The third-order valence-corrected chi connectivity index (χ3v) is 3.44. The van der Waals surface area contributed by atoms with Crippen LogP contribution < -0.4 is 9.64 Å². The molecule has 0 aromatic heterocycles. The number of rotatable bonds is 3. The molecule has 2 aromatic rings. The first-order chi connectivity index (χ1) is 10.3. The summed E-state index contributed by atoms with van der Waals surface area (Å²) in [6.45, 7) is 0.647. The highest BCUT2D eigenvalue weighted by Gasteiger charge is 2.26. The first-order valence-electron chi connectivity index (χ1n) is 6.92. The van der Waals surface area contributed by atoms with E-state index in [1.165, 1.54) is 0 Å². The van der Waals surface area contributed by atoms with Gasteiger partial charge in [-0.15, -0.1) is 0 Å². The maximum atomic E-state index is 12.3. The van der Waals surface area contributed by atoms with Gasteiger partial charge in [0, 0.05) is 13.0 Å². The Hall–Kier alpha value is -2.62. The summed E-state index contributed by atoms with van der Waals surface area (Å²) in [5.41, 5.74) is 1.04. The van der Waals surface area contributed by atoms with Crippen molar-refractivity contribution in [2.75, 3.05) is 11.4 Å². The highest BCUT2D eigenvalue weighted by atomic mass is 16.5. The van der Waals surface area contributed by atoms with E-state index in [4.69, 9.17) is 4.74 Å². The van der Waals surface area contributed by atoms with Crippen molar-refractivity contribution in [3.05, 3.63) is 60.2 Å². The predicted molar refractivity (Wildman–Crippen MR) is 79.4 cm³/mol. The molecule has 1 fully saturated rings. The van der Waals surface area contributed by atoms with E-state index in [9.17, 15) is 9.59 Å². The number of benzene rings is 2. The van der Waals surface area contributed by atoms with E-state index in [1.54, 1.807) is 47.4 Å². The van der Waals surface area contributed by atoms with Crippen molar-refractivity contribution in [1.82, 2.24) is 0 Å². The maximum absolute atomic E-state index is 12.3. The minimum atomic E-state index is -0.448. The molecule has 3 rings (SSSR count). The average Bonchev–Trinajstić information content (AvgIpc) is 2.94. The molecule has 0 bridgehead atoms. The van der Waals surface area contributed by atoms with Crippen molar-refractivity contribution < 1.29 is 14.3 Å². The summed E-state index contributed by atoms with van der Waals surface area (Å²) < 4.78 is 5.36. The number of ether oxygens (including phenoxy) is 1. The Kier molecular flexibility index (Phi) is 3.69. The first-order valence-corrected chi connectivity index (χ1v) is 6.92. The van der Waals surface area contributed by atoms with Crippen molar-refractivity contribution >= 4 is 17.6 Å². The van der Waals surface area contributed by atoms with Crippen LogP contribution in [0.15, 0.2) is 54.6 Å². The van der Waals surface area contributed by atoms with Crippen LogP contribution in [0.4, 0.5) is 5.69 Å². The fourth-order valence-electron chi connectivity index (χ4n) is 2.44. The molecule has 0 unspecified atom stereocenters. The largest absolute Gasteiger partial charge is 0.423 e. The topological polar surface area (TPSA) is 46.6 Å². The molecule has 1 aliphatic heterocycles. The fourth-order valence-corrected chi connectivity index (χ4v) is 2.44. The Morgan fingerprint density at radius 2 is 1.71 bits per heavy atom. The van der Waals surface area contributed by atoms with Crippen LogP contribution >= 0.6 is 0 Å². The molecular weight excluding hydrogens is 266 g/mol. The van der Waals surface area contributed by atoms with Crippen LogP contribution in [0.1, 0.15) is 23.2 Å². The van der Waals surface area contributed by atoms with Crippen molar-refractivity contribution in [3.8, 4) is 5.75 Å². The molecule has 4 nitrogen and oxygen atoms in total. The molecule has 0 saturated carbocycles. The summed E-state index contributed by atoms with van der Waals surface area (Å²) in [6, 6.07) is 16.0. The molecule has 4 heteroatoms. The Labute approximate surface area is 123 Å². The molecule has 0 N–H and O–H groups in total. The normalized spacial score (nSPS) is 14.3. The summed E-state index contributed by atoms with van der Waals surface area (Å²) in [6.07, 6.45) is 1.35. The van der Waals surface area contributed by atoms with Crippen LogP contribution in [0.5, 0.6) is 5.75 Å². The van der Waals surface area contributed by atoms with Gasteiger partial charge in [0.15, 0.2) is 0 Å². The maximum Gasteiger partial charge on any atom is 0.345 e. The van der Waals surface area contributed by atoms with Gasteiger partial charge in [0.05, 0.1) is 11.3 Å². The zero-order chi connectivity index (χ0) is 14.7. The van der Waals surface area contributed by atoms with Gasteiger partial charge in [0.25, 0.3) is 0 Å². The van der Waals surface area contributed by atoms with E-state index in [0.717, 1.165) is 6.42 Å². The monoisotopic (exact) mass is 281 g/mol. The van der Waals surface area contributed by atoms with Gasteiger partial charge in [0.1, 0.15) is 5.75 Å². The minimum absolute atomic E-state index is 0.0509. The molecule has 0 aliphatic carbocycles. The van der Waals surface area contributed by atoms with Gasteiger partial charge in [-0.1, -0.05) is 30.3 Å². The zero-order valence-electron chi connectivity index (χ0n) is 11.5. The number of esters is 1. The molecule has 1 saturated heterocycles. The first kappa shape index (κ1) is 13.4. The predicted octanol–water partition coefficient (Wildman–Crippen LogP) is 3.03. The summed E-state index contributed by atoms with van der Waals surface area (Å²) in [5.74, 6) is 0.0940. The molecule has 0 radical (unpaired) electrons. The second kappa shape index (κ2) is 5.79. The second-order valence-corrected chi connectivity index (χ2v) is 4.87. The number of hydrogen-bond acceptors (Lipinski definition) is 3. The Bertz CT molecular complexity index is 667. The number of hydrogen-bond donors (Lipinski definition) is 0. The summed E-state index contributed by atoms with van der Waals surface area (Å²) in [4.78, 5) is 25.9. The average molecular weight is 281 g/mol. The zero-order valence-corrected chi connectivity index (χ0v) is 11.5. The standard InChI is InChI=1S/C17H15NO3/c19-16-11-6-12-18(16)15-10-5-4-9-14(15)17(20)21-13-7-2-1-3-8-13/h1-5,7-10H,6,11-12H2. The Morgan fingerprint density at radius 1 is 1.00 bits per heavy atom. The number of para-hydroxylation sites is 2. The molecule has 0 atom stereocenters. The number of carbonyl (C=O) groups is 2. The third kappa shape index (κ3) is 2.79. The van der Waals surface area contributed by atoms with E-state index >= 15 is 0 Å². The number of carbonyl (C=O) groups excluding carboxylic acids is 2. The summed E-state index contributed by atoms with van der Waals surface area (Å²) in [5, 5.41) is 0. The van der Waals surface area contributed by atoms with E-state index < -0.39 is 5.97 Å². The summed E-state index contributed by atoms with van der Waals surface area (Å²) in [7, 11) is 0. The SMILES string of the molecule is O=C(Oc1ccccc1)c1ccccc1N1CCCC1=O. The van der Waals surface area contributed by atoms with Crippen molar-refractivity contribution in [3.63, 3.8) is 0 Å². The minimum Gasteiger partial charge on any atom is -0.423 e. The van der Waals surface area contributed by atoms with Crippen LogP contribution in [0, 0.1) is 0 Å². The van der Waals surface area contributed by atoms with Crippen LogP contribution in [-0.4, -0.2) is 18.4 Å². The van der Waals surface area contributed by atoms with Crippen LogP contribution in [0.2, 0.25) is 0 Å². The van der Waals surface area contributed by atoms with Crippen LogP contribution in [0.3, 0.4) is 0 Å². The number of amides is 1. The van der Waals surface area contributed by atoms with Gasteiger partial charge >= 0.3 is 5.97 Å². The Morgan fingerprint density at radius 3 is 2.43 bits per heavy atom. The molecular formula is C17H15NO3. The van der Waals surface area contributed by atoms with Gasteiger partial charge in [0.2, 0.25) is 5.91 Å². The smallest absolute Gasteiger partial charge is 0.345 e.